The van der Waals surface area contributed by atoms with E-state index in [0.29, 0.717) is 30.7 Å². The Morgan fingerprint density at radius 3 is 2.84 bits per heavy atom. The molecule has 0 radical (unpaired) electrons. The van der Waals surface area contributed by atoms with Crippen molar-refractivity contribution >= 4 is 40.3 Å². The molecule has 9 nitrogen and oxygen atoms in total. The summed E-state index contributed by atoms with van der Waals surface area (Å²) in [5, 5.41) is 12.2. The Morgan fingerprint density at radius 2 is 2.10 bits per heavy atom. The molecule has 0 bridgehead atoms. The van der Waals surface area contributed by atoms with Gasteiger partial charge in [-0.2, -0.15) is 0 Å². The van der Waals surface area contributed by atoms with Gasteiger partial charge in [0.2, 0.25) is 17.8 Å². The highest BCUT2D eigenvalue weighted by atomic mass is 35.5. The van der Waals surface area contributed by atoms with Crippen molar-refractivity contribution in [2.45, 2.75) is 51.1 Å². The van der Waals surface area contributed by atoms with Crippen molar-refractivity contribution in [3.05, 3.63) is 27.5 Å². The number of hydrogen-bond donors (Lipinski definition) is 2. The molecule has 2 N–H and O–H groups in total. The van der Waals surface area contributed by atoms with Crippen molar-refractivity contribution < 1.29 is 19.4 Å². The van der Waals surface area contributed by atoms with Crippen LogP contribution < -0.4 is 15.6 Å². The van der Waals surface area contributed by atoms with Gasteiger partial charge in [0.25, 0.3) is 5.56 Å². The fraction of sp³-hybridized carbons (Fsp3) is 0.524. The highest BCUT2D eigenvalue weighted by Crippen LogP contribution is 2.31. The zero-order chi connectivity index (χ0) is 22.0. The van der Waals surface area contributed by atoms with Crippen LogP contribution in [0.4, 0.5) is 5.95 Å². The number of rotatable bonds is 8. The SMILES string of the molecule is O=C1Cn2c(nc3ccc(OCCCC(=O)N(CCO)C4CCCC4)c(Cl)c3c2=O)N1. The van der Waals surface area contributed by atoms with Gasteiger partial charge < -0.3 is 14.7 Å². The summed E-state index contributed by atoms with van der Waals surface area (Å²) >= 11 is 6.42. The van der Waals surface area contributed by atoms with E-state index in [1.54, 1.807) is 17.0 Å². The maximum absolute atomic E-state index is 12.7. The number of aromatic nitrogens is 2. The van der Waals surface area contributed by atoms with Gasteiger partial charge in [0, 0.05) is 19.0 Å². The number of halogens is 1. The Bertz CT molecular complexity index is 1060. The second-order valence-electron chi connectivity index (χ2n) is 7.85. The Kier molecular flexibility index (Phi) is 6.43. The molecule has 2 amide bonds. The number of nitrogens with zero attached hydrogens (tertiary/aromatic N) is 3. The molecule has 1 saturated carbocycles. The smallest absolute Gasteiger partial charge is 0.264 e. The van der Waals surface area contributed by atoms with Crippen molar-refractivity contribution in [1.29, 1.82) is 0 Å². The van der Waals surface area contributed by atoms with Crippen LogP contribution in [0.15, 0.2) is 16.9 Å². The standard InChI is InChI=1S/C21H25ClN4O5/c22-19-15(8-7-14-18(19)20(30)26-12-16(28)24-21(26)23-14)31-11-3-6-17(29)25(9-10-27)13-4-1-2-5-13/h7-8,13,27H,1-6,9-12H2,(H,23,24,28). The number of aliphatic hydroxyl groups excluding tert-OH is 1. The molecule has 10 heteroatoms. The molecule has 166 valence electrons. The van der Waals surface area contributed by atoms with Crippen LogP contribution in [0.1, 0.15) is 38.5 Å². The van der Waals surface area contributed by atoms with Gasteiger partial charge in [-0.15, -0.1) is 0 Å². The predicted molar refractivity (Wildman–Crippen MR) is 115 cm³/mol. The van der Waals surface area contributed by atoms with E-state index in [-0.39, 0.29) is 54.0 Å². The molecule has 2 heterocycles. The van der Waals surface area contributed by atoms with E-state index >= 15 is 0 Å². The van der Waals surface area contributed by atoms with Crippen LogP contribution in [0.2, 0.25) is 5.02 Å². The number of aliphatic hydroxyl groups is 1. The number of nitrogens with one attached hydrogen (secondary N) is 1. The number of ether oxygens (including phenoxy) is 1. The molecule has 1 fully saturated rings. The summed E-state index contributed by atoms with van der Waals surface area (Å²) in [5.74, 6) is 0.260. The molecular weight excluding hydrogens is 424 g/mol. The van der Waals surface area contributed by atoms with E-state index in [4.69, 9.17) is 16.3 Å². The minimum absolute atomic E-state index is 0.0179. The molecule has 31 heavy (non-hydrogen) atoms. The third kappa shape index (κ3) is 4.38. The van der Waals surface area contributed by atoms with E-state index in [2.05, 4.69) is 10.3 Å². The van der Waals surface area contributed by atoms with E-state index in [0.717, 1.165) is 25.7 Å². The van der Waals surface area contributed by atoms with Crippen LogP contribution in [0.5, 0.6) is 5.75 Å². The highest BCUT2D eigenvalue weighted by molar-refractivity contribution is 6.36. The summed E-state index contributed by atoms with van der Waals surface area (Å²) in [6.07, 6.45) is 5.01. The van der Waals surface area contributed by atoms with Crippen LogP contribution in [0.25, 0.3) is 10.9 Å². The summed E-state index contributed by atoms with van der Waals surface area (Å²) < 4.78 is 6.99. The molecule has 2 aromatic rings. The van der Waals surface area contributed by atoms with E-state index in [1.807, 2.05) is 0 Å². The maximum Gasteiger partial charge on any atom is 0.264 e. The molecule has 0 atom stereocenters. The molecule has 0 saturated heterocycles. The Labute approximate surface area is 184 Å². The lowest BCUT2D eigenvalue weighted by Gasteiger charge is -2.28. The van der Waals surface area contributed by atoms with Crippen LogP contribution in [0, 0.1) is 0 Å². The van der Waals surface area contributed by atoms with Gasteiger partial charge in [0.1, 0.15) is 12.3 Å². The van der Waals surface area contributed by atoms with Crippen molar-refractivity contribution in [3.63, 3.8) is 0 Å². The number of anilines is 1. The summed E-state index contributed by atoms with van der Waals surface area (Å²) in [6.45, 7) is 0.486. The third-order valence-corrected chi connectivity index (χ3v) is 6.17. The predicted octanol–water partition coefficient (Wildman–Crippen LogP) is 1.92. The van der Waals surface area contributed by atoms with Crippen molar-refractivity contribution in [2.24, 2.45) is 0 Å². The van der Waals surface area contributed by atoms with Gasteiger partial charge in [0.15, 0.2) is 0 Å². The maximum atomic E-state index is 12.7. The number of carbonyl (C=O) groups excluding carboxylic acids is 2. The largest absolute Gasteiger partial charge is 0.492 e. The van der Waals surface area contributed by atoms with Crippen molar-refractivity contribution in [2.75, 3.05) is 25.1 Å². The van der Waals surface area contributed by atoms with Crippen LogP contribution in [0.3, 0.4) is 0 Å². The van der Waals surface area contributed by atoms with Gasteiger partial charge in [-0.25, -0.2) is 4.98 Å². The molecule has 1 aliphatic carbocycles. The monoisotopic (exact) mass is 448 g/mol. The number of benzene rings is 1. The molecule has 0 spiro atoms. The van der Waals surface area contributed by atoms with Gasteiger partial charge in [-0.1, -0.05) is 24.4 Å². The molecule has 2 aliphatic rings. The van der Waals surface area contributed by atoms with Crippen LogP contribution >= 0.6 is 11.6 Å². The van der Waals surface area contributed by atoms with Gasteiger partial charge in [-0.3, -0.25) is 24.3 Å². The summed E-state index contributed by atoms with van der Waals surface area (Å²) in [4.78, 5) is 43.0. The molecule has 1 aromatic heterocycles. The molecule has 0 unspecified atom stereocenters. The first-order valence-corrected chi connectivity index (χ1v) is 10.9. The minimum Gasteiger partial charge on any atom is -0.492 e. The summed E-state index contributed by atoms with van der Waals surface area (Å²) in [5.41, 5.74) is -0.0256. The zero-order valence-electron chi connectivity index (χ0n) is 17.1. The van der Waals surface area contributed by atoms with Crippen molar-refractivity contribution in [3.8, 4) is 5.75 Å². The Hall–Kier alpha value is -2.65. The number of amides is 2. The first kappa shape index (κ1) is 21.6. The van der Waals surface area contributed by atoms with Crippen LogP contribution in [-0.4, -0.2) is 57.2 Å². The Balaban J connectivity index is 1.40. The van der Waals surface area contributed by atoms with E-state index in [9.17, 15) is 19.5 Å². The lowest BCUT2D eigenvalue weighted by Crippen LogP contribution is -2.40. The lowest BCUT2D eigenvalue weighted by atomic mass is 10.2. The number of hydrogen-bond acceptors (Lipinski definition) is 6. The molecular formula is C21H25ClN4O5. The average Bonchev–Trinajstić information content (AvgIpc) is 3.40. The number of fused-ring (bicyclic) bond motifs is 2. The van der Waals surface area contributed by atoms with Crippen molar-refractivity contribution in [1.82, 2.24) is 14.5 Å². The van der Waals surface area contributed by atoms with Gasteiger partial charge in [-0.05, 0) is 31.4 Å². The average molecular weight is 449 g/mol. The lowest BCUT2D eigenvalue weighted by molar-refractivity contribution is -0.134. The zero-order valence-corrected chi connectivity index (χ0v) is 17.9. The fourth-order valence-electron chi connectivity index (χ4n) is 4.29. The van der Waals surface area contributed by atoms with Gasteiger partial charge in [0.05, 0.1) is 29.1 Å². The summed E-state index contributed by atoms with van der Waals surface area (Å²) in [6, 6.07) is 3.47. The first-order valence-electron chi connectivity index (χ1n) is 10.6. The molecule has 1 aliphatic heterocycles. The first-order chi connectivity index (χ1) is 15.0. The Morgan fingerprint density at radius 1 is 1.32 bits per heavy atom. The quantitative estimate of drug-likeness (QED) is 0.596. The van der Waals surface area contributed by atoms with E-state index in [1.165, 1.54) is 4.57 Å². The molecule has 4 rings (SSSR count). The third-order valence-electron chi connectivity index (χ3n) is 5.80. The van der Waals surface area contributed by atoms with Gasteiger partial charge >= 0.3 is 0 Å². The fourth-order valence-corrected chi connectivity index (χ4v) is 4.59. The topological polar surface area (TPSA) is 114 Å². The highest BCUT2D eigenvalue weighted by Gasteiger charge is 2.26. The minimum atomic E-state index is -0.403. The van der Waals surface area contributed by atoms with Crippen LogP contribution in [-0.2, 0) is 16.1 Å². The number of carbonyl (C=O) groups is 2. The second-order valence-corrected chi connectivity index (χ2v) is 8.23. The van der Waals surface area contributed by atoms with E-state index < -0.39 is 5.56 Å². The molecule has 1 aromatic carbocycles. The second kappa shape index (κ2) is 9.23. The normalized spacial score (nSPS) is 15.9. The summed E-state index contributed by atoms with van der Waals surface area (Å²) in [7, 11) is 0.